The summed E-state index contributed by atoms with van der Waals surface area (Å²) in [6.45, 7) is 13.2. The van der Waals surface area contributed by atoms with E-state index in [9.17, 15) is 4.79 Å². The lowest BCUT2D eigenvalue weighted by Crippen LogP contribution is -2.49. The van der Waals surface area contributed by atoms with Crippen LogP contribution in [0.4, 0.5) is 0 Å². The van der Waals surface area contributed by atoms with Gasteiger partial charge in [-0.3, -0.25) is 14.7 Å². The molecule has 1 aliphatic carbocycles. The summed E-state index contributed by atoms with van der Waals surface area (Å²) in [5.74, 6) is 0.921. The van der Waals surface area contributed by atoms with E-state index in [4.69, 9.17) is 0 Å². The predicted octanol–water partition coefficient (Wildman–Crippen LogP) is 2.96. The minimum absolute atomic E-state index is 0.112. The minimum atomic E-state index is 0.112. The molecular formula is C20H29N3O. The van der Waals surface area contributed by atoms with E-state index in [0.29, 0.717) is 11.8 Å². The van der Waals surface area contributed by atoms with Crippen LogP contribution in [0, 0.1) is 17.3 Å². The third kappa shape index (κ3) is 3.54. The van der Waals surface area contributed by atoms with E-state index in [2.05, 4.69) is 54.6 Å². The molecule has 4 heteroatoms. The van der Waals surface area contributed by atoms with Crippen molar-refractivity contribution in [1.29, 1.82) is 0 Å². The first-order chi connectivity index (χ1) is 11.4. The first kappa shape index (κ1) is 17.2. The first-order valence-electron chi connectivity index (χ1n) is 8.94. The Labute approximate surface area is 145 Å². The number of pyridine rings is 1. The monoisotopic (exact) mass is 327 g/mol. The van der Waals surface area contributed by atoms with Crippen LogP contribution >= 0.6 is 0 Å². The first-order valence-corrected chi connectivity index (χ1v) is 8.94. The SMILES string of the molecule is CC(C)=CC1C(C(=O)N2CCN(Cc3cccnc3)CC2)C1(C)C. The molecule has 1 aromatic rings. The zero-order valence-electron chi connectivity index (χ0n) is 15.3. The minimum Gasteiger partial charge on any atom is -0.340 e. The lowest BCUT2D eigenvalue weighted by Gasteiger charge is -2.35. The normalized spacial score (nSPS) is 26.1. The van der Waals surface area contributed by atoms with Gasteiger partial charge in [0.15, 0.2) is 0 Å². The number of carbonyl (C=O) groups excluding carboxylic acids is 1. The third-order valence-electron chi connectivity index (χ3n) is 5.50. The largest absolute Gasteiger partial charge is 0.340 e. The molecule has 4 nitrogen and oxygen atoms in total. The molecule has 24 heavy (non-hydrogen) atoms. The summed E-state index contributed by atoms with van der Waals surface area (Å²) in [4.78, 5) is 21.6. The van der Waals surface area contributed by atoms with Gasteiger partial charge >= 0.3 is 0 Å². The highest BCUT2D eigenvalue weighted by Gasteiger charge is 2.61. The van der Waals surface area contributed by atoms with Crippen LogP contribution in [-0.2, 0) is 11.3 Å². The topological polar surface area (TPSA) is 36.4 Å². The summed E-state index contributed by atoms with van der Waals surface area (Å²) in [5, 5.41) is 0. The molecule has 2 atom stereocenters. The molecule has 1 amide bonds. The van der Waals surface area contributed by atoms with Crippen molar-refractivity contribution in [3.8, 4) is 0 Å². The van der Waals surface area contributed by atoms with Crippen molar-refractivity contribution in [1.82, 2.24) is 14.8 Å². The molecule has 0 N–H and O–H groups in total. The molecule has 2 fully saturated rings. The van der Waals surface area contributed by atoms with Gasteiger partial charge in [-0.2, -0.15) is 0 Å². The Bertz CT molecular complexity index is 611. The van der Waals surface area contributed by atoms with E-state index in [0.717, 1.165) is 32.7 Å². The van der Waals surface area contributed by atoms with Gasteiger partial charge in [-0.05, 0) is 36.8 Å². The predicted molar refractivity (Wildman–Crippen MR) is 96.3 cm³/mol. The van der Waals surface area contributed by atoms with E-state index < -0.39 is 0 Å². The third-order valence-corrected chi connectivity index (χ3v) is 5.50. The summed E-state index contributed by atoms with van der Waals surface area (Å²) in [6.07, 6.45) is 6.01. The smallest absolute Gasteiger partial charge is 0.226 e. The van der Waals surface area contributed by atoms with E-state index >= 15 is 0 Å². The van der Waals surface area contributed by atoms with Crippen molar-refractivity contribution in [2.24, 2.45) is 17.3 Å². The number of carbonyl (C=O) groups is 1. The molecule has 0 spiro atoms. The van der Waals surface area contributed by atoms with Crippen LogP contribution in [0.1, 0.15) is 33.3 Å². The Morgan fingerprint density at radius 1 is 1.29 bits per heavy atom. The van der Waals surface area contributed by atoms with E-state index in [-0.39, 0.29) is 11.3 Å². The van der Waals surface area contributed by atoms with Crippen LogP contribution in [0.2, 0.25) is 0 Å². The Morgan fingerprint density at radius 2 is 2.00 bits per heavy atom. The highest BCUT2D eigenvalue weighted by Crippen LogP contribution is 2.60. The lowest BCUT2D eigenvalue weighted by atomic mass is 10.1. The van der Waals surface area contributed by atoms with Crippen molar-refractivity contribution < 1.29 is 4.79 Å². The second-order valence-corrected chi connectivity index (χ2v) is 8.03. The average molecular weight is 327 g/mol. The Balaban J connectivity index is 1.53. The zero-order valence-corrected chi connectivity index (χ0v) is 15.3. The standard InChI is InChI=1S/C20H29N3O/c1-15(2)12-17-18(20(17,3)4)19(24)23-10-8-22(9-11-23)14-16-6-5-7-21-13-16/h5-7,12-13,17-18H,8-11,14H2,1-4H3. The van der Waals surface area contributed by atoms with Gasteiger partial charge in [0.1, 0.15) is 0 Å². The fourth-order valence-corrected chi connectivity index (χ4v) is 3.89. The summed E-state index contributed by atoms with van der Waals surface area (Å²) < 4.78 is 0. The number of piperazine rings is 1. The fraction of sp³-hybridized carbons (Fsp3) is 0.600. The molecule has 1 aromatic heterocycles. The number of allylic oxidation sites excluding steroid dienone is 2. The summed E-state index contributed by atoms with van der Waals surface area (Å²) in [6, 6.07) is 4.09. The van der Waals surface area contributed by atoms with Gasteiger partial charge in [-0.25, -0.2) is 0 Å². The Morgan fingerprint density at radius 3 is 2.58 bits per heavy atom. The van der Waals surface area contributed by atoms with Crippen molar-refractivity contribution in [2.45, 2.75) is 34.2 Å². The van der Waals surface area contributed by atoms with Crippen LogP contribution in [-0.4, -0.2) is 46.9 Å². The van der Waals surface area contributed by atoms with E-state index in [1.54, 1.807) is 6.20 Å². The average Bonchev–Trinajstić information content (AvgIpc) is 3.08. The van der Waals surface area contributed by atoms with E-state index in [1.165, 1.54) is 11.1 Å². The number of aromatic nitrogens is 1. The quantitative estimate of drug-likeness (QED) is 0.798. The van der Waals surface area contributed by atoms with Crippen LogP contribution in [0.15, 0.2) is 36.2 Å². The van der Waals surface area contributed by atoms with Gasteiger partial charge in [0.25, 0.3) is 0 Å². The van der Waals surface area contributed by atoms with Crippen molar-refractivity contribution in [3.05, 3.63) is 41.7 Å². The molecule has 0 aromatic carbocycles. The van der Waals surface area contributed by atoms with Crippen LogP contribution in [0.3, 0.4) is 0 Å². The van der Waals surface area contributed by atoms with Crippen LogP contribution in [0.25, 0.3) is 0 Å². The second-order valence-electron chi connectivity index (χ2n) is 8.03. The molecule has 1 saturated heterocycles. The van der Waals surface area contributed by atoms with Crippen molar-refractivity contribution in [2.75, 3.05) is 26.2 Å². The van der Waals surface area contributed by atoms with Gasteiger partial charge in [0.2, 0.25) is 5.91 Å². The number of amides is 1. The number of hydrogen-bond acceptors (Lipinski definition) is 3. The molecule has 3 rings (SSSR count). The van der Waals surface area contributed by atoms with Gasteiger partial charge in [-0.1, -0.05) is 31.6 Å². The molecule has 0 bridgehead atoms. The fourth-order valence-electron chi connectivity index (χ4n) is 3.89. The van der Waals surface area contributed by atoms with Crippen molar-refractivity contribution >= 4 is 5.91 Å². The molecule has 2 aliphatic rings. The maximum Gasteiger partial charge on any atom is 0.226 e. The summed E-state index contributed by atoms with van der Waals surface area (Å²) >= 11 is 0. The maximum absolute atomic E-state index is 12.9. The summed E-state index contributed by atoms with van der Waals surface area (Å²) in [7, 11) is 0. The molecule has 130 valence electrons. The van der Waals surface area contributed by atoms with Crippen molar-refractivity contribution in [3.63, 3.8) is 0 Å². The lowest BCUT2D eigenvalue weighted by molar-refractivity contribution is -0.135. The van der Waals surface area contributed by atoms with Gasteiger partial charge in [0, 0.05) is 45.1 Å². The molecular weight excluding hydrogens is 298 g/mol. The molecule has 2 heterocycles. The second kappa shape index (κ2) is 6.67. The number of nitrogens with zero attached hydrogens (tertiary/aromatic N) is 3. The Hall–Kier alpha value is -1.68. The molecule has 2 unspecified atom stereocenters. The van der Waals surface area contributed by atoms with Crippen LogP contribution in [0.5, 0.6) is 0 Å². The molecule has 1 saturated carbocycles. The highest BCUT2D eigenvalue weighted by molar-refractivity contribution is 5.84. The van der Waals surface area contributed by atoms with E-state index in [1.807, 2.05) is 12.3 Å². The number of rotatable bonds is 4. The maximum atomic E-state index is 12.9. The Kier molecular flexibility index (Phi) is 4.77. The molecule has 0 radical (unpaired) electrons. The molecule has 1 aliphatic heterocycles. The summed E-state index contributed by atoms with van der Waals surface area (Å²) in [5.41, 5.74) is 2.66. The highest BCUT2D eigenvalue weighted by atomic mass is 16.2. The zero-order chi connectivity index (χ0) is 17.3. The van der Waals surface area contributed by atoms with Crippen LogP contribution < -0.4 is 0 Å². The van der Waals surface area contributed by atoms with Gasteiger partial charge < -0.3 is 4.90 Å². The van der Waals surface area contributed by atoms with Gasteiger partial charge in [-0.15, -0.1) is 0 Å². The number of hydrogen-bond donors (Lipinski definition) is 0. The van der Waals surface area contributed by atoms with Gasteiger partial charge in [0.05, 0.1) is 5.92 Å².